The highest BCUT2D eigenvalue weighted by Gasteiger charge is 2.49. The van der Waals surface area contributed by atoms with Crippen molar-refractivity contribution >= 4 is 34.8 Å². The molecule has 2 atom stereocenters. The first-order valence-corrected chi connectivity index (χ1v) is 8.50. The third kappa shape index (κ3) is 2.53. The lowest BCUT2D eigenvalue weighted by atomic mass is 10.1. The molecule has 2 aliphatic heterocycles. The van der Waals surface area contributed by atoms with Crippen LogP contribution >= 0.6 is 23.2 Å². The Labute approximate surface area is 145 Å². The molecule has 2 heterocycles. The predicted octanol–water partition coefficient (Wildman–Crippen LogP) is 4.50. The monoisotopic (exact) mass is 346 g/mol. The van der Waals surface area contributed by atoms with E-state index in [9.17, 15) is 4.79 Å². The first kappa shape index (κ1) is 15.0. The van der Waals surface area contributed by atoms with Crippen LogP contribution in [0.15, 0.2) is 48.5 Å². The molecule has 0 saturated carbocycles. The van der Waals surface area contributed by atoms with Gasteiger partial charge in [-0.15, -0.1) is 0 Å². The molecule has 23 heavy (non-hydrogen) atoms. The van der Waals surface area contributed by atoms with Gasteiger partial charge in [0.25, 0.3) is 0 Å². The number of nitrogens with zero attached hydrogens (tertiary/aromatic N) is 2. The van der Waals surface area contributed by atoms with Gasteiger partial charge in [0, 0.05) is 22.3 Å². The molecule has 3 nitrogen and oxygen atoms in total. The van der Waals surface area contributed by atoms with Crippen LogP contribution in [0.4, 0.5) is 5.69 Å². The van der Waals surface area contributed by atoms with Gasteiger partial charge in [-0.1, -0.05) is 41.4 Å². The number of carbonyl (C=O) groups excluding carboxylic acids is 1. The fourth-order valence-corrected chi connectivity index (χ4v) is 4.06. The minimum absolute atomic E-state index is 0.0436. The number of fused-ring (bicyclic) bond motifs is 1. The van der Waals surface area contributed by atoms with Gasteiger partial charge < -0.3 is 0 Å². The maximum absolute atomic E-state index is 13.0. The number of amides is 1. The van der Waals surface area contributed by atoms with Crippen molar-refractivity contribution in [1.82, 2.24) is 4.90 Å². The van der Waals surface area contributed by atoms with Crippen LogP contribution in [-0.4, -0.2) is 23.4 Å². The van der Waals surface area contributed by atoms with Crippen LogP contribution in [0.1, 0.15) is 24.6 Å². The first-order chi connectivity index (χ1) is 11.1. The molecular formula is C18H16Cl2N2O. The Morgan fingerprint density at radius 1 is 1.00 bits per heavy atom. The molecule has 0 bridgehead atoms. The summed E-state index contributed by atoms with van der Waals surface area (Å²) >= 11 is 12.3. The minimum Gasteiger partial charge on any atom is -0.290 e. The molecule has 0 N–H and O–H groups in total. The maximum Gasteiger partial charge on any atom is 0.246 e. The van der Waals surface area contributed by atoms with Crippen LogP contribution in [0.5, 0.6) is 0 Å². The Balaban J connectivity index is 1.83. The van der Waals surface area contributed by atoms with Gasteiger partial charge in [-0.3, -0.25) is 14.6 Å². The summed E-state index contributed by atoms with van der Waals surface area (Å²) < 4.78 is 0. The zero-order valence-electron chi connectivity index (χ0n) is 12.5. The maximum atomic E-state index is 13.0. The van der Waals surface area contributed by atoms with Gasteiger partial charge in [-0.05, 0) is 48.7 Å². The third-order valence-corrected chi connectivity index (χ3v) is 5.08. The summed E-state index contributed by atoms with van der Waals surface area (Å²) in [6.07, 6.45) is 1.84. The molecule has 118 valence electrons. The number of hydrogen-bond donors (Lipinski definition) is 0. The average Bonchev–Trinajstić information content (AvgIpc) is 3.09. The van der Waals surface area contributed by atoms with Gasteiger partial charge in [-0.25, -0.2) is 0 Å². The Kier molecular flexibility index (Phi) is 3.80. The lowest BCUT2D eigenvalue weighted by molar-refractivity contribution is -0.119. The van der Waals surface area contributed by atoms with Crippen LogP contribution in [0.2, 0.25) is 10.0 Å². The van der Waals surface area contributed by atoms with Crippen molar-refractivity contribution in [3.05, 3.63) is 64.1 Å². The summed E-state index contributed by atoms with van der Waals surface area (Å²) in [5.41, 5.74) is 1.87. The van der Waals surface area contributed by atoms with Gasteiger partial charge in [-0.2, -0.15) is 0 Å². The second-order valence-corrected chi connectivity index (χ2v) is 6.89. The lowest BCUT2D eigenvalue weighted by Crippen LogP contribution is -2.32. The van der Waals surface area contributed by atoms with Crippen molar-refractivity contribution in [2.24, 2.45) is 0 Å². The molecule has 0 aromatic heterocycles. The predicted molar refractivity (Wildman–Crippen MR) is 92.9 cm³/mol. The summed E-state index contributed by atoms with van der Waals surface area (Å²) in [6.45, 7) is 0.921. The van der Waals surface area contributed by atoms with Crippen molar-refractivity contribution in [3.63, 3.8) is 0 Å². The van der Waals surface area contributed by atoms with E-state index in [1.807, 2.05) is 53.4 Å². The highest BCUT2D eigenvalue weighted by atomic mass is 35.5. The molecule has 2 aromatic rings. The van der Waals surface area contributed by atoms with Crippen molar-refractivity contribution in [2.45, 2.75) is 25.0 Å². The summed E-state index contributed by atoms with van der Waals surface area (Å²) in [5.74, 6) is 0.148. The Morgan fingerprint density at radius 2 is 1.74 bits per heavy atom. The molecule has 5 heteroatoms. The number of hydrogen-bond acceptors (Lipinski definition) is 2. The van der Waals surface area contributed by atoms with Gasteiger partial charge >= 0.3 is 0 Å². The van der Waals surface area contributed by atoms with Crippen molar-refractivity contribution in [1.29, 1.82) is 0 Å². The fourth-order valence-electron chi connectivity index (χ4n) is 3.68. The van der Waals surface area contributed by atoms with E-state index in [0.717, 1.165) is 30.6 Å². The zero-order valence-corrected chi connectivity index (χ0v) is 14.0. The number of anilines is 1. The largest absolute Gasteiger partial charge is 0.290 e. The third-order valence-electron chi connectivity index (χ3n) is 4.61. The summed E-state index contributed by atoms with van der Waals surface area (Å²) in [7, 11) is 0. The molecule has 4 rings (SSSR count). The minimum atomic E-state index is -0.118. The van der Waals surface area contributed by atoms with E-state index in [4.69, 9.17) is 23.2 Å². The second kappa shape index (κ2) is 5.82. The highest BCUT2D eigenvalue weighted by Crippen LogP contribution is 2.43. The average molecular weight is 347 g/mol. The molecule has 2 aliphatic rings. The smallest absolute Gasteiger partial charge is 0.246 e. The van der Waals surface area contributed by atoms with Gasteiger partial charge in [0.2, 0.25) is 5.91 Å². The summed E-state index contributed by atoms with van der Waals surface area (Å²) in [5, 5.41) is 1.32. The van der Waals surface area contributed by atoms with Crippen LogP contribution < -0.4 is 4.90 Å². The van der Waals surface area contributed by atoms with E-state index in [2.05, 4.69) is 4.90 Å². The van der Waals surface area contributed by atoms with Gasteiger partial charge in [0.15, 0.2) is 0 Å². The molecular weight excluding hydrogens is 331 g/mol. The first-order valence-electron chi connectivity index (χ1n) is 7.75. The Hall–Kier alpha value is -1.55. The van der Waals surface area contributed by atoms with Crippen molar-refractivity contribution < 1.29 is 4.79 Å². The number of carbonyl (C=O) groups is 1. The SMILES string of the molecule is O=C1C2CCCN2C(c2cccc(Cl)c2)N1c1cccc(Cl)c1. The Morgan fingerprint density at radius 3 is 2.48 bits per heavy atom. The van der Waals surface area contributed by atoms with E-state index in [-0.39, 0.29) is 18.1 Å². The highest BCUT2D eigenvalue weighted by molar-refractivity contribution is 6.31. The van der Waals surface area contributed by atoms with Gasteiger partial charge in [0.1, 0.15) is 6.17 Å². The summed E-state index contributed by atoms with van der Waals surface area (Å²) in [4.78, 5) is 17.1. The number of rotatable bonds is 2. The summed E-state index contributed by atoms with van der Waals surface area (Å²) in [6, 6.07) is 15.2. The molecule has 2 fully saturated rings. The van der Waals surface area contributed by atoms with Crippen molar-refractivity contribution in [3.8, 4) is 0 Å². The molecule has 2 aromatic carbocycles. The van der Waals surface area contributed by atoms with E-state index < -0.39 is 0 Å². The van der Waals surface area contributed by atoms with Gasteiger partial charge in [0.05, 0.1) is 6.04 Å². The van der Waals surface area contributed by atoms with E-state index >= 15 is 0 Å². The van der Waals surface area contributed by atoms with Crippen LogP contribution in [0.3, 0.4) is 0 Å². The van der Waals surface area contributed by atoms with E-state index in [1.54, 1.807) is 0 Å². The Bertz CT molecular complexity index is 764. The van der Waals surface area contributed by atoms with E-state index in [1.165, 1.54) is 0 Å². The quantitative estimate of drug-likeness (QED) is 0.798. The zero-order chi connectivity index (χ0) is 16.0. The lowest BCUT2D eigenvalue weighted by Gasteiger charge is -2.30. The fraction of sp³-hybridized carbons (Fsp3) is 0.278. The molecule has 0 aliphatic carbocycles. The van der Waals surface area contributed by atoms with Crippen molar-refractivity contribution in [2.75, 3.05) is 11.4 Å². The van der Waals surface area contributed by atoms with Crippen LogP contribution in [-0.2, 0) is 4.79 Å². The number of benzene rings is 2. The van der Waals surface area contributed by atoms with Crippen LogP contribution in [0.25, 0.3) is 0 Å². The topological polar surface area (TPSA) is 23.6 Å². The molecule has 0 radical (unpaired) electrons. The van der Waals surface area contributed by atoms with E-state index in [0.29, 0.717) is 10.0 Å². The number of halogens is 2. The molecule has 0 spiro atoms. The molecule has 2 unspecified atom stereocenters. The molecule has 1 amide bonds. The standard InChI is InChI=1S/C18H16Cl2N2O/c19-13-5-1-4-12(10-13)17-21-9-3-8-16(21)18(23)22(17)15-7-2-6-14(20)11-15/h1-2,4-7,10-11,16-17H,3,8-9H2. The normalized spacial score (nSPS) is 24.3. The second-order valence-electron chi connectivity index (χ2n) is 6.01. The van der Waals surface area contributed by atoms with Crippen LogP contribution in [0, 0.1) is 0 Å². The molecule has 2 saturated heterocycles.